The van der Waals surface area contributed by atoms with Crippen molar-refractivity contribution in [2.24, 2.45) is 0 Å². The molecule has 0 unspecified atom stereocenters. The van der Waals surface area contributed by atoms with Gasteiger partial charge in [0.25, 0.3) is 5.69 Å². The monoisotopic (exact) mass is 233 g/mol. The molecule has 0 spiro atoms. The van der Waals surface area contributed by atoms with Gasteiger partial charge in [0.2, 0.25) is 0 Å². The first kappa shape index (κ1) is 10.9. The molecule has 0 saturated carbocycles. The molecule has 7 heteroatoms. The Kier molecular flexibility index (Phi) is 2.34. The Balaban J connectivity index is 2.47. The molecule has 4 nitrogen and oxygen atoms in total. The van der Waals surface area contributed by atoms with E-state index in [-0.39, 0.29) is 5.56 Å². The minimum Gasteiger partial charge on any atom is -0.368 e. The molecule has 2 rings (SSSR count). The minimum atomic E-state index is -4.58. The second-order valence-corrected chi connectivity index (χ2v) is 3.35. The van der Waals surface area contributed by atoms with Crippen molar-refractivity contribution in [1.82, 2.24) is 0 Å². The summed E-state index contributed by atoms with van der Waals surface area (Å²) in [5.74, 6) is 0. The van der Waals surface area contributed by atoms with Crippen molar-refractivity contribution in [3.63, 3.8) is 0 Å². The van der Waals surface area contributed by atoms with Crippen LogP contribution in [0.25, 0.3) is 0 Å². The molecule has 0 aliphatic carbocycles. The van der Waals surface area contributed by atoms with Crippen molar-refractivity contribution in [3.8, 4) is 0 Å². The number of hydrogen-bond acceptors (Lipinski definition) is 3. The maximum atomic E-state index is 12.3. The summed E-state index contributed by atoms with van der Waals surface area (Å²) in [5, 5.41) is 10.6. The summed E-state index contributed by atoms with van der Waals surface area (Å²) in [7, 11) is 0. The normalized spacial score (nSPS) is 19.6. The van der Waals surface area contributed by atoms with Gasteiger partial charge in [-0.15, -0.1) is 0 Å². The number of ether oxygens (including phenoxy) is 1. The molecule has 1 aliphatic rings. The molecule has 0 amide bonds. The van der Waals surface area contributed by atoms with Crippen molar-refractivity contribution in [2.45, 2.75) is 12.3 Å². The van der Waals surface area contributed by atoms with Crippen LogP contribution in [0.4, 0.5) is 18.9 Å². The quantitative estimate of drug-likeness (QED) is 0.448. The fourth-order valence-electron chi connectivity index (χ4n) is 1.38. The van der Waals surface area contributed by atoms with Gasteiger partial charge in [-0.2, -0.15) is 13.2 Å². The summed E-state index contributed by atoms with van der Waals surface area (Å²) in [6.07, 6.45) is -5.02. The Morgan fingerprint density at radius 3 is 2.50 bits per heavy atom. The maximum Gasteiger partial charge on any atom is 0.416 e. The molecule has 1 heterocycles. The van der Waals surface area contributed by atoms with Crippen LogP contribution in [0, 0.1) is 10.1 Å². The van der Waals surface area contributed by atoms with Crippen molar-refractivity contribution in [1.29, 1.82) is 0 Å². The van der Waals surface area contributed by atoms with Crippen LogP contribution in [-0.2, 0) is 10.9 Å². The van der Waals surface area contributed by atoms with Crippen LogP contribution in [-0.4, -0.2) is 11.5 Å². The van der Waals surface area contributed by atoms with Gasteiger partial charge in [0.1, 0.15) is 6.10 Å². The third-order valence-corrected chi connectivity index (χ3v) is 2.23. The highest BCUT2D eigenvalue weighted by atomic mass is 19.4. The highest BCUT2D eigenvalue weighted by molar-refractivity contribution is 5.46. The smallest absolute Gasteiger partial charge is 0.368 e. The Hall–Kier alpha value is -1.63. The summed E-state index contributed by atoms with van der Waals surface area (Å²) in [4.78, 5) is 9.79. The van der Waals surface area contributed by atoms with Gasteiger partial charge in [-0.25, -0.2) is 0 Å². The predicted molar refractivity (Wildman–Crippen MR) is 46.8 cm³/mol. The average Bonchev–Trinajstić information content (AvgIpc) is 2.98. The minimum absolute atomic E-state index is 0.193. The number of benzene rings is 1. The molecule has 0 aromatic heterocycles. The third kappa shape index (κ3) is 1.99. The number of halogens is 3. The van der Waals surface area contributed by atoms with Crippen LogP contribution >= 0.6 is 0 Å². The summed E-state index contributed by atoms with van der Waals surface area (Å²) >= 11 is 0. The van der Waals surface area contributed by atoms with Crippen LogP contribution in [0.1, 0.15) is 17.2 Å². The van der Waals surface area contributed by atoms with Crippen molar-refractivity contribution < 1.29 is 22.8 Å². The first-order chi connectivity index (χ1) is 7.39. The third-order valence-electron chi connectivity index (χ3n) is 2.23. The maximum absolute atomic E-state index is 12.3. The van der Waals surface area contributed by atoms with E-state index < -0.39 is 28.5 Å². The van der Waals surface area contributed by atoms with Crippen LogP contribution < -0.4 is 0 Å². The van der Waals surface area contributed by atoms with Gasteiger partial charge in [-0.1, -0.05) is 0 Å². The number of epoxide rings is 1. The fourth-order valence-corrected chi connectivity index (χ4v) is 1.38. The number of alkyl halides is 3. The summed E-state index contributed by atoms with van der Waals surface area (Å²) < 4.78 is 41.8. The lowest BCUT2D eigenvalue weighted by Gasteiger charge is -2.07. The van der Waals surface area contributed by atoms with E-state index >= 15 is 0 Å². The summed E-state index contributed by atoms with van der Waals surface area (Å²) in [6, 6.07) is 2.46. The van der Waals surface area contributed by atoms with Gasteiger partial charge >= 0.3 is 6.18 Å². The van der Waals surface area contributed by atoms with E-state index in [1.807, 2.05) is 0 Å². The van der Waals surface area contributed by atoms with Gasteiger partial charge in [0, 0.05) is 6.07 Å². The van der Waals surface area contributed by atoms with Gasteiger partial charge in [0.05, 0.1) is 22.7 Å². The largest absolute Gasteiger partial charge is 0.416 e. The Bertz CT molecular complexity index is 440. The van der Waals surface area contributed by atoms with Crippen molar-refractivity contribution >= 4 is 5.69 Å². The van der Waals surface area contributed by atoms with E-state index in [1.54, 1.807) is 0 Å². The number of nitro groups is 1. The zero-order valence-corrected chi connectivity index (χ0v) is 7.82. The average molecular weight is 233 g/mol. The molecule has 1 aliphatic heterocycles. The molecule has 1 atom stereocenters. The van der Waals surface area contributed by atoms with E-state index in [2.05, 4.69) is 0 Å². The van der Waals surface area contributed by atoms with Crippen LogP contribution in [0.15, 0.2) is 18.2 Å². The highest BCUT2D eigenvalue weighted by Gasteiger charge is 2.36. The van der Waals surface area contributed by atoms with Gasteiger partial charge in [0.15, 0.2) is 0 Å². The Morgan fingerprint density at radius 1 is 1.44 bits per heavy atom. The number of nitrogens with zero attached hydrogens (tertiary/aromatic N) is 1. The number of hydrogen-bond donors (Lipinski definition) is 0. The molecule has 1 saturated heterocycles. The molecule has 16 heavy (non-hydrogen) atoms. The van der Waals surface area contributed by atoms with Crippen LogP contribution in [0.5, 0.6) is 0 Å². The van der Waals surface area contributed by atoms with Gasteiger partial charge in [-0.05, 0) is 12.1 Å². The molecule has 1 aromatic carbocycles. The zero-order chi connectivity index (χ0) is 11.9. The molecular formula is C9H6F3NO3. The van der Waals surface area contributed by atoms with Crippen LogP contribution in [0.2, 0.25) is 0 Å². The van der Waals surface area contributed by atoms with Crippen molar-refractivity contribution in [3.05, 3.63) is 39.4 Å². The Labute approximate surface area is 87.8 Å². The SMILES string of the molecule is O=[N+]([O-])c1cc(C(F)(F)F)ccc1[C@@H]1CO1. The van der Waals surface area contributed by atoms with E-state index in [9.17, 15) is 23.3 Å². The van der Waals surface area contributed by atoms with E-state index in [0.717, 1.165) is 12.1 Å². The standard InChI is InChI=1S/C9H6F3NO3/c10-9(11,12)5-1-2-6(8-4-16-8)7(3-5)13(14)15/h1-3,8H,4H2/t8-/m0/s1. The predicted octanol–water partition coefficient (Wildman–Crippen LogP) is 2.68. The van der Waals surface area contributed by atoms with Crippen LogP contribution in [0.3, 0.4) is 0 Å². The van der Waals surface area contributed by atoms with Crippen molar-refractivity contribution in [2.75, 3.05) is 6.61 Å². The molecule has 86 valence electrons. The van der Waals surface area contributed by atoms with E-state index in [4.69, 9.17) is 4.74 Å². The van der Waals surface area contributed by atoms with Gasteiger partial charge in [-0.3, -0.25) is 10.1 Å². The van der Waals surface area contributed by atoms with E-state index in [0.29, 0.717) is 12.7 Å². The summed E-state index contributed by atoms with van der Waals surface area (Å²) in [6.45, 7) is 0.312. The number of rotatable bonds is 2. The first-order valence-electron chi connectivity index (χ1n) is 4.37. The second-order valence-electron chi connectivity index (χ2n) is 3.35. The number of nitro benzene ring substituents is 1. The summed E-state index contributed by atoms with van der Waals surface area (Å²) in [5.41, 5.74) is -1.38. The molecule has 0 bridgehead atoms. The molecule has 1 fully saturated rings. The lowest BCUT2D eigenvalue weighted by molar-refractivity contribution is -0.385. The topological polar surface area (TPSA) is 55.7 Å². The lowest BCUT2D eigenvalue weighted by atomic mass is 10.1. The molecule has 0 N–H and O–H groups in total. The fraction of sp³-hybridized carbons (Fsp3) is 0.333. The van der Waals surface area contributed by atoms with E-state index in [1.165, 1.54) is 0 Å². The lowest BCUT2D eigenvalue weighted by Crippen LogP contribution is -2.06. The van der Waals surface area contributed by atoms with Gasteiger partial charge < -0.3 is 4.74 Å². The zero-order valence-electron chi connectivity index (χ0n) is 7.82. The Morgan fingerprint density at radius 2 is 2.06 bits per heavy atom. The molecule has 0 radical (unpaired) electrons. The molecular weight excluding hydrogens is 227 g/mol. The second kappa shape index (κ2) is 3.44. The highest BCUT2D eigenvalue weighted by Crippen LogP contribution is 2.39. The first-order valence-corrected chi connectivity index (χ1v) is 4.37. The molecule has 1 aromatic rings.